The lowest BCUT2D eigenvalue weighted by molar-refractivity contribution is 0.102. The van der Waals surface area contributed by atoms with E-state index in [9.17, 15) is 9.59 Å². The van der Waals surface area contributed by atoms with Crippen molar-refractivity contribution in [3.05, 3.63) is 46.6 Å². The molecule has 1 unspecified atom stereocenters. The molecule has 11 heteroatoms. The second-order valence-electron chi connectivity index (χ2n) is 6.00. The van der Waals surface area contributed by atoms with Gasteiger partial charge in [0.15, 0.2) is 5.69 Å². The van der Waals surface area contributed by atoms with Crippen LogP contribution in [-0.4, -0.2) is 54.2 Å². The minimum atomic E-state index is -0.435. The maximum absolute atomic E-state index is 12.4. The average Bonchev–Trinajstić information content (AvgIpc) is 3.32. The number of benzene rings is 1. The van der Waals surface area contributed by atoms with Gasteiger partial charge in [-0.25, -0.2) is 14.6 Å². The molecule has 2 aromatic heterocycles. The van der Waals surface area contributed by atoms with Gasteiger partial charge < -0.3 is 10.6 Å². The summed E-state index contributed by atoms with van der Waals surface area (Å²) in [5.74, 6) is -0.341. The van der Waals surface area contributed by atoms with E-state index in [-0.39, 0.29) is 17.6 Å². The third kappa shape index (κ3) is 3.24. The molecule has 1 amide bonds. The molecular formula is C15H17N9O2. The van der Waals surface area contributed by atoms with Crippen molar-refractivity contribution in [3.8, 4) is 5.69 Å². The van der Waals surface area contributed by atoms with Gasteiger partial charge in [0.1, 0.15) is 0 Å². The molecular weight excluding hydrogens is 338 g/mol. The molecule has 4 rings (SSSR count). The van der Waals surface area contributed by atoms with E-state index >= 15 is 0 Å². The number of H-pyrrole nitrogens is 1. The van der Waals surface area contributed by atoms with Gasteiger partial charge in [-0.1, -0.05) is 5.21 Å². The summed E-state index contributed by atoms with van der Waals surface area (Å²) in [6.45, 7) is 1.84. The number of carbonyl (C=O) groups excluding carboxylic acids is 1. The minimum absolute atomic E-state index is 0.220. The summed E-state index contributed by atoms with van der Waals surface area (Å²) in [6, 6.07) is 6.87. The van der Waals surface area contributed by atoms with Crippen LogP contribution < -0.4 is 16.3 Å². The normalized spacial score (nSPS) is 17.2. The van der Waals surface area contributed by atoms with E-state index in [1.807, 2.05) is 0 Å². The van der Waals surface area contributed by atoms with Gasteiger partial charge in [-0.2, -0.15) is 4.68 Å². The third-order valence-corrected chi connectivity index (χ3v) is 4.23. The summed E-state index contributed by atoms with van der Waals surface area (Å²) < 4.78 is 2.86. The summed E-state index contributed by atoms with van der Waals surface area (Å²) in [7, 11) is 0. The molecule has 26 heavy (non-hydrogen) atoms. The largest absolute Gasteiger partial charge is 0.365 e. The minimum Gasteiger partial charge on any atom is -0.321 e. The number of hydrogen-bond donors (Lipinski definition) is 3. The molecule has 0 aliphatic carbocycles. The first-order chi connectivity index (χ1) is 12.7. The van der Waals surface area contributed by atoms with Crippen LogP contribution in [0.2, 0.25) is 0 Å². The van der Waals surface area contributed by atoms with E-state index in [2.05, 4.69) is 36.5 Å². The van der Waals surface area contributed by atoms with Crippen LogP contribution in [-0.2, 0) is 0 Å². The van der Waals surface area contributed by atoms with Gasteiger partial charge in [0.2, 0.25) is 0 Å². The molecule has 1 saturated heterocycles. The number of tetrazole rings is 1. The molecule has 1 atom stereocenters. The molecule has 1 aliphatic rings. The number of nitrogens with zero attached hydrogens (tertiary/aromatic N) is 6. The Morgan fingerprint density at radius 3 is 2.77 bits per heavy atom. The number of aromatic amines is 1. The second-order valence-corrected chi connectivity index (χ2v) is 6.00. The lowest BCUT2D eigenvalue weighted by Crippen LogP contribution is -2.31. The molecule has 0 radical (unpaired) electrons. The summed E-state index contributed by atoms with van der Waals surface area (Å²) in [5.41, 5.74) is 0.935. The lowest BCUT2D eigenvalue weighted by atomic mass is 10.1. The number of nitrogens with one attached hydrogen (secondary N) is 3. The predicted octanol–water partition coefficient (Wildman–Crippen LogP) is -0.276. The van der Waals surface area contributed by atoms with Crippen LogP contribution in [0, 0.1) is 0 Å². The van der Waals surface area contributed by atoms with Crippen LogP contribution in [0.25, 0.3) is 5.69 Å². The molecule has 0 saturated carbocycles. The van der Waals surface area contributed by atoms with E-state index < -0.39 is 5.69 Å². The van der Waals surface area contributed by atoms with Gasteiger partial charge in [0.25, 0.3) is 5.91 Å². The van der Waals surface area contributed by atoms with Crippen LogP contribution in [0.15, 0.2) is 35.3 Å². The van der Waals surface area contributed by atoms with Crippen molar-refractivity contribution in [3.63, 3.8) is 0 Å². The van der Waals surface area contributed by atoms with E-state index in [0.29, 0.717) is 11.4 Å². The van der Waals surface area contributed by atoms with Crippen molar-refractivity contribution >= 4 is 11.6 Å². The molecule has 1 aromatic carbocycles. The zero-order valence-electron chi connectivity index (χ0n) is 13.8. The van der Waals surface area contributed by atoms with Crippen LogP contribution in [0.4, 0.5) is 5.69 Å². The molecule has 1 aliphatic heterocycles. The van der Waals surface area contributed by atoms with Crippen molar-refractivity contribution in [1.29, 1.82) is 0 Å². The molecule has 3 aromatic rings. The Labute approximate surface area is 147 Å². The fourth-order valence-electron chi connectivity index (χ4n) is 2.87. The first kappa shape index (κ1) is 16.1. The number of amides is 1. The lowest BCUT2D eigenvalue weighted by Gasteiger charge is -2.22. The fourth-order valence-corrected chi connectivity index (χ4v) is 2.87. The van der Waals surface area contributed by atoms with Gasteiger partial charge in [0, 0.05) is 12.2 Å². The highest BCUT2D eigenvalue weighted by atomic mass is 16.2. The number of aromatic nitrogens is 7. The van der Waals surface area contributed by atoms with Crippen molar-refractivity contribution in [2.45, 2.75) is 18.9 Å². The fraction of sp³-hybridized carbons (Fsp3) is 0.333. The molecule has 3 N–H and O–H groups in total. The SMILES string of the molecule is O=C(Nc1ccc(-n2nn[nH]c2=O)cc1)c1cn(C2CCCNC2)nn1. The Balaban J connectivity index is 1.44. The highest BCUT2D eigenvalue weighted by molar-refractivity contribution is 6.02. The summed E-state index contributed by atoms with van der Waals surface area (Å²) >= 11 is 0. The highest BCUT2D eigenvalue weighted by Gasteiger charge is 2.18. The first-order valence-corrected chi connectivity index (χ1v) is 8.25. The van der Waals surface area contributed by atoms with Crippen LogP contribution in [0.5, 0.6) is 0 Å². The summed E-state index contributed by atoms with van der Waals surface area (Å²) in [6.07, 6.45) is 3.75. The van der Waals surface area contributed by atoms with Gasteiger partial charge in [-0.15, -0.1) is 5.10 Å². The summed E-state index contributed by atoms with van der Waals surface area (Å²) in [4.78, 5) is 23.8. The Hall–Kier alpha value is -3.34. The van der Waals surface area contributed by atoms with E-state index in [0.717, 1.165) is 30.6 Å². The summed E-state index contributed by atoms with van der Waals surface area (Å²) in [5, 5.41) is 23.4. The monoisotopic (exact) mass is 355 g/mol. The Morgan fingerprint density at radius 2 is 2.08 bits per heavy atom. The van der Waals surface area contributed by atoms with Crippen molar-refractivity contribution in [2.24, 2.45) is 0 Å². The number of carbonyl (C=O) groups is 1. The van der Waals surface area contributed by atoms with Gasteiger partial charge in [-0.05, 0) is 54.1 Å². The van der Waals surface area contributed by atoms with Gasteiger partial charge in [0.05, 0.1) is 17.9 Å². The Kier molecular flexibility index (Phi) is 4.27. The Bertz CT molecular complexity index is 950. The third-order valence-electron chi connectivity index (χ3n) is 4.23. The molecule has 0 spiro atoms. The van der Waals surface area contributed by atoms with Crippen LogP contribution in [0.3, 0.4) is 0 Å². The number of piperidine rings is 1. The van der Waals surface area contributed by atoms with Crippen molar-refractivity contribution in [1.82, 2.24) is 40.5 Å². The van der Waals surface area contributed by atoms with Crippen LogP contribution in [0.1, 0.15) is 29.4 Å². The highest BCUT2D eigenvalue weighted by Crippen LogP contribution is 2.16. The molecule has 0 bridgehead atoms. The van der Waals surface area contributed by atoms with Crippen molar-refractivity contribution < 1.29 is 4.79 Å². The Morgan fingerprint density at radius 1 is 1.23 bits per heavy atom. The molecule has 11 nitrogen and oxygen atoms in total. The number of hydrogen-bond acceptors (Lipinski definition) is 7. The van der Waals surface area contributed by atoms with Gasteiger partial charge >= 0.3 is 5.69 Å². The molecule has 1 fully saturated rings. The maximum atomic E-state index is 12.4. The van der Waals surface area contributed by atoms with Crippen molar-refractivity contribution in [2.75, 3.05) is 18.4 Å². The number of rotatable bonds is 4. The van der Waals surface area contributed by atoms with Gasteiger partial charge in [-0.3, -0.25) is 4.79 Å². The maximum Gasteiger partial charge on any atom is 0.365 e. The topological polar surface area (TPSA) is 135 Å². The quantitative estimate of drug-likeness (QED) is 0.586. The second kappa shape index (κ2) is 6.88. The standard InChI is InChI=1S/C15H17N9O2/c25-14(13-9-23(21-18-13)12-2-1-7-16-8-12)17-10-3-5-11(6-4-10)24-15(26)19-20-22-24/h3-6,9,12,16H,1-2,7-8H2,(H,17,25)(H,19,22,26). The zero-order chi connectivity index (χ0) is 17.9. The molecule has 3 heterocycles. The zero-order valence-corrected chi connectivity index (χ0v) is 13.8. The van der Waals surface area contributed by atoms with Crippen LogP contribution >= 0.6 is 0 Å². The van der Waals surface area contributed by atoms with E-state index in [1.165, 1.54) is 0 Å². The first-order valence-electron chi connectivity index (χ1n) is 8.25. The predicted molar refractivity (Wildman–Crippen MR) is 91.1 cm³/mol. The smallest absolute Gasteiger partial charge is 0.321 e. The average molecular weight is 355 g/mol. The van der Waals surface area contributed by atoms with E-state index in [4.69, 9.17) is 0 Å². The van der Waals surface area contributed by atoms with E-state index in [1.54, 1.807) is 35.1 Å². The number of anilines is 1. The molecule has 134 valence electrons.